The third-order valence-corrected chi connectivity index (χ3v) is 7.02. The van der Waals surface area contributed by atoms with Crippen molar-refractivity contribution in [2.45, 2.75) is 84.0 Å². The number of aliphatic carboxylic acids is 1. The molecule has 1 fully saturated rings. The zero-order valence-electron chi connectivity index (χ0n) is 21.2. The molecule has 0 aliphatic carbocycles. The molecule has 9 heteroatoms. The molecule has 6 atom stereocenters. The van der Waals surface area contributed by atoms with Gasteiger partial charge in [0.2, 0.25) is 17.7 Å². The predicted molar refractivity (Wildman–Crippen MR) is 133 cm³/mol. The van der Waals surface area contributed by atoms with Crippen LogP contribution in [0.1, 0.15) is 58.9 Å². The number of nitrogens with zero attached hydrogens (tertiary/aromatic N) is 1. The van der Waals surface area contributed by atoms with E-state index >= 15 is 0 Å². The Labute approximate surface area is 207 Å². The Kier molecular flexibility index (Phi) is 10.7. The van der Waals surface area contributed by atoms with E-state index in [1.54, 1.807) is 6.92 Å². The van der Waals surface area contributed by atoms with Crippen LogP contribution in [-0.2, 0) is 25.6 Å². The molecule has 0 radical (unpaired) electrons. The molecule has 9 nitrogen and oxygen atoms in total. The molecule has 1 heterocycles. The molecule has 5 N–H and O–H groups in total. The molecule has 1 saturated heterocycles. The van der Waals surface area contributed by atoms with Gasteiger partial charge in [0.15, 0.2) is 0 Å². The fourth-order valence-corrected chi connectivity index (χ4v) is 4.35. The van der Waals surface area contributed by atoms with Gasteiger partial charge < -0.3 is 26.4 Å². The maximum atomic E-state index is 13.2. The van der Waals surface area contributed by atoms with Crippen LogP contribution in [0.2, 0.25) is 0 Å². The molecule has 3 amide bonds. The van der Waals surface area contributed by atoms with Gasteiger partial charge in [0.25, 0.3) is 0 Å². The van der Waals surface area contributed by atoms with Crippen LogP contribution >= 0.6 is 0 Å². The molecule has 1 aromatic carbocycles. The summed E-state index contributed by atoms with van der Waals surface area (Å²) in [5.41, 5.74) is 7.13. The Morgan fingerprint density at radius 3 is 2.20 bits per heavy atom. The Balaban J connectivity index is 2.11. The number of hydrogen-bond donors (Lipinski definition) is 4. The van der Waals surface area contributed by atoms with Crippen molar-refractivity contribution in [3.63, 3.8) is 0 Å². The molecule has 1 aliphatic rings. The van der Waals surface area contributed by atoms with E-state index in [0.29, 0.717) is 38.6 Å². The van der Waals surface area contributed by atoms with Gasteiger partial charge in [-0.3, -0.25) is 14.4 Å². The van der Waals surface area contributed by atoms with Gasteiger partial charge in [-0.15, -0.1) is 0 Å². The molecule has 0 spiro atoms. The van der Waals surface area contributed by atoms with E-state index in [-0.39, 0.29) is 17.7 Å². The molecule has 0 bridgehead atoms. The number of carboxylic acids is 1. The highest BCUT2D eigenvalue weighted by molar-refractivity contribution is 5.94. The number of nitrogens with one attached hydrogen (secondary N) is 2. The van der Waals surface area contributed by atoms with Crippen molar-refractivity contribution >= 4 is 23.7 Å². The Morgan fingerprint density at radius 2 is 1.63 bits per heavy atom. The number of carboxylic acid groups (broad SMARTS) is 1. The van der Waals surface area contributed by atoms with Gasteiger partial charge in [0.05, 0.1) is 6.04 Å². The molecule has 1 aromatic rings. The predicted octanol–water partition coefficient (Wildman–Crippen LogP) is 1.69. The van der Waals surface area contributed by atoms with E-state index in [4.69, 9.17) is 5.73 Å². The van der Waals surface area contributed by atoms with Gasteiger partial charge in [-0.1, -0.05) is 70.9 Å². The molecule has 0 aromatic heterocycles. The number of likely N-dealkylation sites (tertiary alicyclic amines) is 1. The van der Waals surface area contributed by atoms with Gasteiger partial charge >= 0.3 is 5.97 Å². The minimum absolute atomic E-state index is 0.226. The summed E-state index contributed by atoms with van der Waals surface area (Å²) < 4.78 is 0. The maximum Gasteiger partial charge on any atom is 0.326 e. The summed E-state index contributed by atoms with van der Waals surface area (Å²) in [4.78, 5) is 52.6. The smallest absolute Gasteiger partial charge is 0.326 e. The van der Waals surface area contributed by atoms with Crippen LogP contribution in [0.3, 0.4) is 0 Å². The summed E-state index contributed by atoms with van der Waals surface area (Å²) in [5, 5.41) is 15.0. The first-order chi connectivity index (χ1) is 16.6. The monoisotopic (exact) mass is 488 g/mol. The highest BCUT2D eigenvalue weighted by atomic mass is 16.4. The van der Waals surface area contributed by atoms with E-state index in [9.17, 15) is 24.3 Å². The second kappa shape index (κ2) is 13.2. The molecular weight excluding hydrogens is 448 g/mol. The molecule has 2 rings (SSSR count). The summed E-state index contributed by atoms with van der Waals surface area (Å²) in [6.45, 7) is 7.77. The molecule has 6 unspecified atom stereocenters. The maximum absolute atomic E-state index is 13.2. The quantitative estimate of drug-likeness (QED) is 0.353. The zero-order chi connectivity index (χ0) is 26.1. The van der Waals surface area contributed by atoms with Gasteiger partial charge in [0.1, 0.15) is 18.1 Å². The minimum Gasteiger partial charge on any atom is -0.480 e. The number of carbonyl (C=O) groups is 4. The van der Waals surface area contributed by atoms with E-state index in [1.807, 2.05) is 51.1 Å². The van der Waals surface area contributed by atoms with Crippen molar-refractivity contribution in [3.8, 4) is 0 Å². The molecule has 194 valence electrons. The number of nitrogens with two attached hydrogens (primary N) is 1. The van der Waals surface area contributed by atoms with Crippen molar-refractivity contribution in [1.82, 2.24) is 15.5 Å². The first-order valence-electron chi connectivity index (χ1n) is 12.5. The van der Waals surface area contributed by atoms with Crippen LogP contribution in [0, 0.1) is 11.8 Å². The topological polar surface area (TPSA) is 142 Å². The third-order valence-electron chi connectivity index (χ3n) is 7.02. The second-order valence-corrected chi connectivity index (χ2v) is 9.57. The van der Waals surface area contributed by atoms with Gasteiger partial charge in [-0.25, -0.2) is 4.79 Å². The summed E-state index contributed by atoms with van der Waals surface area (Å²) >= 11 is 0. The lowest BCUT2D eigenvalue weighted by atomic mass is 9.95. The van der Waals surface area contributed by atoms with E-state index in [1.165, 1.54) is 4.90 Å². The van der Waals surface area contributed by atoms with Crippen LogP contribution in [-0.4, -0.2) is 64.4 Å². The van der Waals surface area contributed by atoms with E-state index < -0.39 is 42.0 Å². The van der Waals surface area contributed by atoms with Crippen molar-refractivity contribution in [1.29, 1.82) is 0 Å². The van der Waals surface area contributed by atoms with Gasteiger partial charge in [-0.2, -0.15) is 0 Å². The number of amides is 3. The summed E-state index contributed by atoms with van der Waals surface area (Å²) in [5.74, 6) is -2.84. The minimum atomic E-state index is -1.11. The normalized spacial score (nSPS) is 19.8. The fraction of sp³-hybridized carbons (Fsp3) is 0.615. The van der Waals surface area contributed by atoms with Crippen LogP contribution in [0.25, 0.3) is 0 Å². The third kappa shape index (κ3) is 7.52. The van der Waals surface area contributed by atoms with Crippen LogP contribution in [0.15, 0.2) is 30.3 Å². The number of carbonyl (C=O) groups excluding carboxylic acids is 3. The molecule has 35 heavy (non-hydrogen) atoms. The lowest BCUT2D eigenvalue weighted by molar-refractivity contribution is -0.144. The summed E-state index contributed by atoms with van der Waals surface area (Å²) in [6, 6.07) is 6.03. The lowest BCUT2D eigenvalue weighted by Crippen LogP contribution is -2.59. The first-order valence-corrected chi connectivity index (χ1v) is 12.5. The lowest BCUT2D eigenvalue weighted by Gasteiger charge is -2.31. The highest BCUT2D eigenvalue weighted by Crippen LogP contribution is 2.20. The van der Waals surface area contributed by atoms with Crippen molar-refractivity contribution in [3.05, 3.63) is 35.9 Å². The zero-order valence-corrected chi connectivity index (χ0v) is 21.2. The van der Waals surface area contributed by atoms with Crippen LogP contribution in [0.4, 0.5) is 0 Å². The highest BCUT2D eigenvalue weighted by Gasteiger charge is 2.39. The standard InChI is InChI=1S/C26H40N4O5/c1-5-16(3)21(24(32)29-22(26(34)35)17(4)6-2)28-23(31)20-13-10-14-30(20)25(33)19(27)15-18-11-8-7-9-12-18/h7-9,11-12,16-17,19-22H,5-6,10,13-15,27H2,1-4H3,(H,28,31)(H,29,32)(H,34,35). The Bertz CT molecular complexity index is 878. The summed E-state index contributed by atoms with van der Waals surface area (Å²) in [6.07, 6.45) is 2.70. The van der Waals surface area contributed by atoms with Gasteiger partial charge in [-0.05, 0) is 36.7 Å². The van der Waals surface area contributed by atoms with Crippen molar-refractivity contribution in [2.75, 3.05) is 6.54 Å². The molecule has 1 aliphatic heterocycles. The second-order valence-electron chi connectivity index (χ2n) is 9.57. The van der Waals surface area contributed by atoms with Crippen molar-refractivity contribution < 1.29 is 24.3 Å². The first kappa shape index (κ1) is 28.3. The molecule has 0 saturated carbocycles. The van der Waals surface area contributed by atoms with Crippen LogP contribution < -0.4 is 16.4 Å². The SMILES string of the molecule is CCC(C)C(NC(=O)C(NC(=O)C1CCCN1C(=O)C(N)Cc1ccccc1)C(C)CC)C(=O)O. The Morgan fingerprint density at radius 1 is 1.03 bits per heavy atom. The average molecular weight is 489 g/mol. The Hall–Kier alpha value is -2.94. The van der Waals surface area contributed by atoms with Gasteiger partial charge in [0, 0.05) is 6.54 Å². The van der Waals surface area contributed by atoms with Crippen LogP contribution in [0.5, 0.6) is 0 Å². The average Bonchev–Trinajstić information content (AvgIpc) is 3.34. The molecular formula is C26H40N4O5. The number of hydrogen-bond acceptors (Lipinski definition) is 5. The fourth-order valence-electron chi connectivity index (χ4n) is 4.35. The van der Waals surface area contributed by atoms with E-state index in [2.05, 4.69) is 10.6 Å². The number of benzene rings is 1. The van der Waals surface area contributed by atoms with E-state index in [0.717, 1.165) is 5.56 Å². The largest absolute Gasteiger partial charge is 0.480 e. The number of rotatable bonds is 12. The summed E-state index contributed by atoms with van der Waals surface area (Å²) in [7, 11) is 0. The van der Waals surface area contributed by atoms with Crippen molar-refractivity contribution in [2.24, 2.45) is 17.6 Å².